The quantitative estimate of drug-likeness (QED) is 0.775. The van der Waals surface area contributed by atoms with Crippen LogP contribution in [-0.2, 0) is 10.3 Å². The Labute approximate surface area is 150 Å². The molecule has 1 saturated heterocycles. The molecule has 1 fully saturated rings. The average Bonchev–Trinajstić information content (AvgIpc) is 2.85. The number of benzene rings is 2. The molecule has 1 aliphatic rings. The van der Waals surface area contributed by atoms with Gasteiger partial charge >= 0.3 is 6.03 Å². The smallest absolute Gasteiger partial charge is 0.325 e. The summed E-state index contributed by atoms with van der Waals surface area (Å²) in [6.07, 6.45) is -1.04. The van der Waals surface area contributed by atoms with Crippen LogP contribution in [0.3, 0.4) is 0 Å². The minimum Gasteiger partial charge on any atom is -0.491 e. The number of para-hydroxylation sites is 1. The van der Waals surface area contributed by atoms with E-state index in [9.17, 15) is 19.1 Å². The summed E-state index contributed by atoms with van der Waals surface area (Å²) in [4.78, 5) is 25.9. The van der Waals surface area contributed by atoms with Crippen LogP contribution in [0.2, 0.25) is 0 Å². The third-order valence-corrected chi connectivity index (χ3v) is 4.28. The third-order valence-electron chi connectivity index (χ3n) is 4.28. The fourth-order valence-electron chi connectivity index (χ4n) is 2.81. The lowest BCUT2D eigenvalue weighted by molar-refractivity contribution is -0.132. The van der Waals surface area contributed by atoms with Crippen molar-refractivity contribution >= 4 is 11.9 Å². The predicted molar refractivity (Wildman–Crippen MR) is 91.9 cm³/mol. The van der Waals surface area contributed by atoms with Gasteiger partial charge in [-0.1, -0.05) is 30.3 Å². The molecule has 2 aromatic carbocycles. The average molecular weight is 358 g/mol. The van der Waals surface area contributed by atoms with Crippen molar-refractivity contribution in [2.45, 2.75) is 18.6 Å². The van der Waals surface area contributed by atoms with E-state index in [1.54, 1.807) is 31.2 Å². The van der Waals surface area contributed by atoms with Gasteiger partial charge in [-0.05, 0) is 36.8 Å². The summed E-state index contributed by atoms with van der Waals surface area (Å²) in [5.41, 5.74) is -0.833. The van der Waals surface area contributed by atoms with Crippen molar-refractivity contribution in [3.63, 3.8) is 0 Å². The molecule has 6 nitrogen and oxygen atoms in total. The van der Waals surface area contributed by atoms with Crippen molar-refractivity contribution in [2.75, 3.05) is 13.2 Å². The molecule has 0 aromatic heterocycles. The molecule has 7 heteroatoms. The fourth-order valence-corrected chi connectivity index (χ4v) is 2.81. The molecule has 2 atom stereocenters. The number of imide groups is 1. The van der Waals surface area contributed by atoms with Crippen LogP contribution in [0.4, 0.5) is 9.18 Å². The lowest BCUT2D eigenvalue weighted by Crippen LogP contribution is -2.42. The molecule has 1 heterocycles. The second-order valence-electron chi connectivity index (χ2n) is 6.26. The van der Waals surface area contributed by atoms with Crippen LogP contribution in [-0.4, -0.2) is 41.2 Å². The number of hydrogen-bond donors (Lipinski definition) is 2. The summed E-state index contributed by atoms with van der Waals surface area (Å²) in [7, 11) is 0. The van der Waals surface area contributed by atoms with Crippen molar-refractivity contribution in [2.24, 2.45) is 0 Å². The number of hydrogen-bond acceptors (Lipinski definition) is 4. The number of aliphatic hydroxyl groups is 1. The van der Waals surface area contributed by atoms with Gasteiger partial charge in [0.15, 0.2) is 0 Å². The molecule has 2 aromatic rings. The van der Waals surface area contributed by atoms with Crippen molar-refractivity contribution < 1.29 is 23.8 Å². The molecule has 0 spiro atoms. The lowest BCUT2D eigenvalue weighted by atomic mass is 9.92. The Balaban J connectivity index is 1.66. The monoisotopic (exact) mass is 358 g/mol. The van der Waals surface area contributed by atoms with E-state index in [1.165, 1.54) is 24.3 Å². The maximum Gasteiger partial charge on any atom is 0.325 e. The number of amides is 3. The highest BCUT2D eigenvalue weighted by Gasteiger charge is 2.49. The summed E-state index contributed by atoms with van der Waals surface area (Å²) >= 11 is 0. The van der Waals surface area contributed by atoms with Gasteiger partial charge < -0.3 is 15.2 Å². The van der Waals surface area contributed by atoms with E-state index >= 15 is 0 Å². The van der Waals surface area contributed by atoms with Gasteiger partial charge in [0, 0.05) is 0 Å². The molecule has 3 amide bonds. The van der Waals surface area contributed by atoms with E-state index in [0.29, 0.717) is 11.3 Å². The molecular formula is C19H19FN2O4. The second kappa shape index (κ2) is 7.13. The zero-order valence-corrected chi connectivity index (χ0v) is 14.2. The van der Waals surface area contributed by atoms with E-state index in [2.05, 4.69) is 5.32 Å². The molecule has 0 unspecified atom stereocenters. The lowest BCUT2D eigenvalue weighted by Gasteiger charge is -2.23. The molecule has 3 rings (SSSR count). The van der Waals surface area contributed by atoms with Crippen LogP contribution in [0.25, 0.3) is 0 Å². The van der Waals surface area contributed by atoms with Gasteiger partial charge in [0.25, 0.3) is 5.91 Å². The van der Waals surface area contributed by atoms with Crippen LogP contribution in [0, 0.1) is 5.82 Å². The Bertz CT molecular complexity index is 797. The maximum atomic E-state index is 13.1. The van der Waals surface area contributed by atoms with E-state index in [4.69, 9.17) is 4.74 Å². The number of carbonyl (C=O) groups is 2. The van der Waals surface area contributed by atoms with Gasteiger partial charge in [0.1, 0.15) is 29.8 Å². The molecule has 26 heavy (non-hydrogen) atoms. The molecule has 2 N–H and O–H groups in total. The zero-order valence-electron chi connectivity index (χ0n) is 14.2. The topological polar surface area (TPSA) is 78.9 Å². The number of nitrogens with one attached hydrogen (secondary N) is 1. The third kappa shape index (κ3) is 3.52. The molecule has 0 radical (unpaired) electrons. The van der Waals surface area contributed by atoms with Crippen molar-refractivity contribution in [3.8, 4) is 5.75 Å². The molecule has 0 saturated carbocycles. The predicted octanol–water partition coefficient (Wildman–Crippen LogP) is 2.03. The van der Waals surface area contributed by atoms with Crippen LogP contribution >= 0.6 is 0 Å². The van der Waals surface area contributed by atoms with Crippen molar-refractivity contribution in [1.29, 1.82) is 0 Å². The Morgan fingerprint density at radius 3 is 2.46 bits per heavy atom. The van der Waals surface area contributed by atoms with Gasteiger partial charge in [0.2, 0.25) is 0 Å². The molecule has 1 aliphatic heterocycles. The first-order chi connectivity index (χ1) is 12.4. The van der Waals surface area contributed by atoms with E-state index in [0.717, 1.165) is 4.90 Å². The minimum absolute atomic E-state index is 0.0612. The van der Waals surface area contributed by atoms with Gasteiger partial charge in [-0.3, -0.25) is 9.69 Å². The van der Waals surface area contributed by atoms with Crippen LogP contribution in [0.1, 0.15) is 12.5 Å². The Kier molecular flexibility index (Phi) is 4.90. The number of nitrogens with zero attached hydrogens (tertiary/aromatic N) is 1. The molecule has 0 bridgehead atoms. The number of urea groups is 1. The number of carbonyl (C=O) groups excluding carboxylic acids is 2. The number of rotatable bonds is 6. The number of β-amino-alcohol motifs (C(OH)–C–C–N with tert-alkyl or cyclic N) is 1. The molecular weight excluding hydrogens is 339 g/mol. The highest BCUT2D eigenvalue weighted by Crippen LogP contribution is 2.29. The summed E-state index contributed by atoms with van der Waals surface area (Å²) in [6, 6.07) is 13.7. The first-order valence-electron chi connectivity index (χ1n) is 8.16. The second-order valence-corrected chi connectivity index (χ2v) is 6.26. The van der Waals surface area contributed by atoms with Crippen LogP contribution in [0.15, 0.2) is 54.6 Å². The summed E-state index contributed by atoms with van der Waals surface area (Å²) < 4.78 is 18.6. The highest BCUT2D eigenvalue weighted by molar-refractivity contribution is 6.07. The Morgan fingerprint density at radius 1 is 1.15 bits per heavy atom. The fraction of sp³-hybridized carbons (Fsp3) is 0.263. The standard InChI is InChI=1S/C19H19FN2O4/c1-19(13-7-9-14(20)10-8-13)17(24)22(18(25)21-19)11-15(23)12-26-16-5-3-2-4-6-16/h2-10,15,23H,11-12H2,1H3,(H,21,25)/t15-,19+/m1/s1. The highest BCUT2D eigenvalue weighted by atomic mass is 19.1. The summed E-state index contributed by atoms with van der Waals surface area (Å²) in [5.74, 6) is -0.354. The summed E-state index contributed by atoms with van der Waals surface area (Å²) in [6.45, 7) is 1.29. The zero-order chi connectivity index (χ0) is 18.7. The van der Waals surface area contributed by atoms with E-state index in [1.807, 2.05) is 6.07 Å². The van der Waals surface area contributed by atoms with Gasteiger partial charge in [-0.25, -0.2) is 9.18 Å². The van der Waals surface area contributed by atoms with Crippen LogP contribution < -0.4 is 10.1 Å². The molecule has 0 aliphatic carbocycles. The number of halogens is 1. The number of ether oxygens (including phenoxy) is 1. The SMILES string of the molecule is C[C@@]1(c2ccc(F)cc2)NC(=O)N(C[C@@H](O)COc2ccccc2)C1=O. The molecule has 136 valence electrons. The van der Waals surface area contributed by atoms with Gasteiger partial charge in [-0.15, -0.1) is 0 Å². The van der Waals surface area contributed by atoms with Crippen molar-refractivity contribution in [1.82, 2.24) is 10.2 Å². The summed E-state index contributed by atoms with van der Waals surface area (Å²) in [5, 5.41) is 12.7. The minimum atomic E-state index is -1.30. The maximum absolute atomic E-state index is 13.1. The Hall–Kier alpha value is -2.93. The first-order valence-corrected chi connectivity index (χ1v) is 8.16. The Morgan fingerprint density at radius 2 is 1.81 bits per heavy atom. The largest absolute Gasteiger partial charge is 0.491 e. The first kappa shape index (κ1) is 17.9. The van der Waals surface area contributed by atoms with Gasteiger partial charge in [-0.2, -0.15) is 0 Å². The van der Waals surface area contributed by atoms with E-state index < -0.39 is 29.4 Å². The van der Waals surface area contributed by atoms with Gasteiger partial charge in [0.05, 0.1) is 6.54 Å². The van der Waals surface area contributed by atoms with Crippen molar-refractivity contribution in [3.05, 3.63) is 66.0 Å². The number of aliphatic hydroxyl groups excluding tert-OH is 1. The normalized spacial score (nSPS) is 20.8. The van der Waals surface area contributed by atoms with E-state index in [-0.39, 0.29) is 13.2 Å². The van der Waals surface area contributed by atoms with Crippen LogP contribution in [0.5, 0.6) is 5.75 Å².